The average Bonchev–Trinajstić information content (AvgIpc) is 2.74. The van der Waals surface area contributed by atoms with Gasteiger partial charge in [0.2, 0.25) is 0 Å². The molecule has 2 rings (SSSR count). The van der Waals surface area contributed by atoms with E-state index in [-0.39, 0.29) is 0 Å². The van der Waals surface area contributed by atoms with Gasteiger partial charge >= 0.3 is 0 Å². The number of hydrogen-bond acceptors (Lipinski definition) is 3. The smallest absolute Gasteiger partial charge is 0.0537 e. The minimum absolute atomic E-state index is 0.474. The minimum Gasteiger partial charge on any atom is -0.313 e. The molecular weight excluding hydrogens is 218 g/mol. The van der Waals surface area contributed by atoms with Crippen molar-refractivity contribution in [3.05, 3.63) is 18.0 Å². The summed E-state index contributed by atoms with van der Waals surface area (Å²) in [6.07, 6.45) is 8.12. The third kappa shape index (κ3) is 3.01. The van der Waals surface area contributed by atoms with Crippen molar-refractivity contribution in [2.75, 3.05) is 18.6 Å². The molecule has 1 aromatic rings. The second kappa shape index (κ2) is 5.73. The van der Waals surface area contributed by atoms with Gasteiger partial charge in [-0.1, -0.05) is 0 Å². The molecule has 90 valence electrons. The molecule has 0 saturated carbocycles. The van der Waals surface area contributed by atoms with Gasteiger partial charge in [0.25, 0.3) is 0 Å². The number of aromatic nitrogens is 2. The molecule has 3 nitrogen and oxygen atoms in total. The fourth-order valence-corrected chi connectivity index (χ4v) is 3.56. The van der Waals surface area contributed by atoms with Gasteiger partial charge in [-0.25, -0.2) is 0 Å². The van der Waals surface area contributed by atoms with Gasteiger partial charge in [0, 0.05) is 24.8 Å². The maximum Gasteiger partial charge on any atom is 0.0537 e. The molecule has 1 atom stereocenters. The molecule has 1 aromatic heterocycles. The highest BCUT2D eigenvalue weighted by Crippen LogP contribution is 2.30. The molecule has 1 aliphatic rings. The lowest BCUT2D eigenvalue weighted by Gasteiger charge is -2.25. The SMILES string of the molecule is CNC(CC1CCSCC1)c1cnn(C)c1. The number of rotatable bonds is 4. The van der Waals surface area contributed by atoms with E-state index < -0.39 is 0 Å². The van der Waals surface area contributed by atoms with Crippen molar-refractivity contribution in [1.82, 2.24) is 15.1 Å². The summed E-state index contributed by atoms with van der Waals surface area (Å²) in [7, 11) is 4.03. The van der Waals surface area contributed by atoms with E-state index in [1.54, 1.807) is 0 Å². The van der Waals surface area contributed by atoms with Gasteiger partial charge in [-0.3, -0.25) is 4.68 Å². The molecule has 0 aromatic carbocycles. The minimum atomic E-state index is 0.474. The van der Waals surface area contributed by atoms with Crippen molar-refractivity contribution < 1.29 is 0 Å². The Morgan fingerprint density at radius 1 is 1.56 bits per heavy atom. The van der Waals surface area contributed by atoms with Gasteiger partial charge in [0.1, 0.15) is 0 Å². The van der Waals surface area contributed by atoms with Crippen LogP contribution in [0.4, 0.5) is 0 Å². The molecule has 1 unspecified atom stereocenters. The first-order valence-corrected chi connectivity index (χ1v) is 7.18. The topological polar surface area (TPSA) is 29.9 Å². The van der Waals surface area contributed by atoms with Gasteiger partial charge in [-0.15, -0.1) is 0 Å². The fraction of sp³-hybridized carbons (Fsp3) is 0.750. The molecule has 4 heteroatoms. The molecule has 1 N–H and O–H groups in total. The Morgan fingerprint density at radius 2 is 2.31 bits per heavy atom. The number of thioether (sulfide) groups is 1. The van der Waals surface area contributed by atoms with E-state index in [1.807, 2.05) is 17.9 Å². The Morgan fingerprint density at radius 3 is 2.88 bits per heavy atom. The lowest BCUT2D eigenvalue weighted by atomic mass is 9.92. The van der Waals surface area contributed by atoms with Crippen LogP contribution < -0.4 is 5.32 Å². The highest BCUT2D eigenvalue weighted by atomic mass is 32.2. The second-order valence-corrected chi connectivity index (χ2v) is 5.80. The van der Waals surface area contributed by atoms with Crippen LogP contribution in [-0.4, -0.2) is 28.3 Å². The summed E-state index contributed by atoms with van der Waals surface area (Å²) in [5.41, 5.74) is 1.32. The van der Waals surface area contributed by atoms with Crippen molar-refractivity contribution in [3.8, 4) is 0 Å². The largest absolute Gasteiger partial charge is 0.313 e. The van der Waals surface area contributed by atoms with Crippen LogP contribution in [0.3, 0.4) is 0 Å². The number of aryl methyl sites for hydroxylation is 1. The normalized spacial score (nSPS) is 19.9. The molecule has 0 amide bonds. The number of hydrogen-bond donors (Lipinski definition) is 1. The van der Waals surface area contributed by atoms with Crippen molar-refractivity contribution in [2.24, 2.45) is 13.0 Å². The van der Waals surface area contributed by atoms with E-state index in [2.05, 4.69) is 35.4 Å². The number of nitrogens with one attached hydrogen (secondary N) is 1. The Hall–Kier alpha value is -0.480. The zero-order chi connectivity index (χ0) is 11.4. The van der Waals surface area contributed by atoms with Crippen molar-refractivity contribution >= 4 is 11.8 Å². The molecule has 1 aliphatic heterocycles. The standard InChI is InChI=1S/C12H21N3S/c1-13-12(11-8-14-15(2)9-11)7-10-3-5-16-6-4-10/h8-10,12-13H,3-7H2,1-2H3. The molecule has 1 saturated heterocycles. The Balaban J connectivity index is 1.94. The highest BCUT2D eigenvalue weighted by Gasteiger charge is 2.20. The van der Waals surface area contributed by atoms with E-state index in [0.29, 0.717) is 6.04 Å². The summed E-state index contributed by atoms with van der Waals surface area (Å²) >= 11 is 2.10. The maximum atomic E-state index is 4.25. The summed E-state index contributed by atoms with van der Waals surface area (Å²) < 4.78 is 1.89. The summed E-state index contributed by atoms with van der Waals surface area (Å²) in [6, 6.07) is 0.474. The quantitative estimate of drug-likeness (QED) is 0.873. The predicted molar refractivity (Wildman–Crippen MR) is 69.7 cm³/mol. The third-order valence-electron chi connectivity index (χ3n) is 3.39. The predicted octanol–water partition coefficient (Wildman–Crippen LogP) is 2.21. The second-order valence-electron chi connectivity index (χ2n) is 4.58. The monoisotopic (exact) mass is 239 g/mol. The molecule has 1 fully saturated rings. The number of nitrogens with zero attached hydrogens (tertiary/aromatic N) is 2. The summed E-state index contributed by atoms with van der Waals surface area (Å²) in [4.78, 5) is 0. The van der Waals surface area contributed by atoms with E-state index in [9.17, 15) is 0 Å². The summed E-state index contributed by atoms with van der Waals surface area (Å²) in [6.45, 7) is 0. The van der Waals surface area contributed by atoms with E-state index in [4.69, 9.17) is 0 Å². The van der Waals surface area contributed by atoms with Crippen LogP contribution in [0.15, 0.2) is 12.4 Å². The van der Waals surface area contributed by atoms with Gasteiger partial charge in [-0.05, 0) is 43.7 Å². The van der Waals surface area contributed by atoms with E-state index in [1.165, 1.54) is 36.3 Å². The van der Waals surface area contributed by atoms with Crippen LogP contribution in [0.1, 0.15) is 30.9 Å². The zero-order valence-corrected chi connectivity index (χ0v) is 11.0. The first-order chi connectivity index (χ1) is 7.79. The van der Waals surface area contributed by atoms with Crippen LogP contribution in [0, 0.1) is 5.92 Å². The highest BCUT2D eigenvalue weighted by molar-refractivity contribution is 7.99. The Bertz CT molecular complexity index is 318. The lowest BCUT2D eigenvalue weighted by molar-refractivity contribution is 0.384. The van der Waals surface area contributed by atoms with Gasteiger partial charge < -0.3 is 5.32 Å². The molecule has 0 spiro atoms. The fourth-order valence-electron chi connectivity index (χ4n) is 2.36. The first kappa shape index (κ1) is 12.0. The van der Waals surface area contributed by atoms with Crippen LogP contribution in [0.2, 0.25) is 0 Å². The zero-order valence-electron chi connectivity index (χ0n) is 10.1. The van der Waals surface area contributed by atoms with Crippen molar-refractivity contribution in [2.45, 2.75) is 25.3 Å². The molecule has 0 radical (unpaired) electrons. The van der Waals surface area contributed by atoms with Crippen molar-refractivity contribution in [3.63, 3.8) is 0 Å². The third-order valence-corrected chi connectivity index (χ3v) is 4.43. The molecule has 0 aliphatic carbocycles. The molecular formula is C12H21N3S. The van der Waals surface area contributed by atoms with Gasteiger partial charge in [-0.2, -0.15) is 16.9 Å². The molecule has 0 bridgehead atoms. The summed E-state index contributed by atoms with van der Waals surface area (Å²) in [5.74, 6) is 3.57. The van der Waals surface area contributed by atoms with E-state index >= 15 is 0 Å². The van der Waals surface area contributed by atoms with Crippen LogP contribution >= 0.6 is 11.8 Å². The molecule has 2 heterocycles. The summed E-state index contributed by atoms with van der Waals surface area (Å²) in [5, 5.41) is 7.67. The molecule has 16 heavy (non-hydrogen) atoms. The van der Waals surface area contributed by atoms with Gasteiger partial charge in [0.15, 0.2) is 0 Å². The Labute approximate surface area is 102 Å². The first-order valence-electron chi connectivity index (χ1n) is 6.03. The van der Waals surface area contributed by atoms with Crippen LogP contribution in [0.5, 0.6) is 0 Å². The van der Waals surface area contributed by atoms with Crippen LogP contribution in [-0.2, 0) is 7.05 Å². The van der Waals surface area contributed by atoms with Gasteiger partial charge in [0.05, 0.1) is 6.20 Å². The Kier molecular flexibility index (Phi) is 4.29. The maximum absolute atomic E-state index is 4.25. The van der Waals surface area contributed by atoms with Crippen molar-refractivity contribution in [1.29, 1.82) is 0 Å². The van der Waals surface area contributed by atoms with E-state index in [0.717, 1.165) is 5.92 Å². The van der Waals surface area contributed by atoms with Crippen LogP contribution in [0.25, 0.3) is 0 Å². The average molecular weight is 239 g/mol. The lowest BCUT2D eigenvalue weighted by Crippen LogP contribution is -2.21.